The fraction of sp³-hybridized carbons (Fsp3) is 0.538. The van der Waals surface area contributed by atoms with Crippen molar-refractivity contribution in [2.24, 2.45) is 5.73 Å². The highest BCUT2D eigenvalue weighted by molar-refractivity contribution is 5.14. The number of morpholine rings is 1. The third-order valence-electron chi connectivity index (χ3n) is 3.11. The second-order valence-electron chi connectivity index (χ2n) is 4.48. The molecule has 4 nitrogen and oxygen atoms in total. The minimum absolute atomic E-state index is 0.0240. The van der Waals surface area contributed by atoms with Gasteiger partial charge in [0.2, 0.25) is 0 Å². The molecule has 2 unspecified atom stereocenters. The van der Waals surface area contributed by atoms with E-state index in [1.807, 2.05) is 18.2 Å². The minimum atomic E-state index is -0.284. The average Bonchev–Trinajstić information content (AvgIpc) is 2.39. The first-order valence-electron chi connectivity index (χ1n) is 6.04. The number of aliphatic hydroxyl groups excluding tert-OH is 1. The molecule has 1 saturated heterocycles. The Balaban J connectivity index is 1.89. The number of nitrogens with two attached hydrogens (primary N) is 1. The van der Waals surface area contributed by atoms with Crippen molar-refractivity contribution in [2.45, 2.75) is 18.7 Å². The molecule has 1 aromatic carbocycles. The SMILES string of the molecule is NC(CO)C1CN(Cc2ccccc2)CCO1. The Kier molecular flexibility index (Phi) is 4.50. The Hall–Kier alpha value is -0.940. The van der Waals surface area contributed by atoms with E-state index in [9.17, 15) is 0 Å². The van der Waals surface area contributed by atoms with Crippen LogP contribution >= 0.6 is 0 Å². The molecule has 1 fully saturated rings. The molecule has 0 aliphatic carbocycles. The van der Waals surface area contributed by atoms with Crippen LogP contribution in [0.15, 0.2) is 30.3 Å². The lowest BCUT2D eigenvalue weighted by atomic mass is 10.1. The zero-order valence-electron chi connectivity index (χ0n) is 9.96. The molecule has 1 heterocycles. The number of benzene rings is 1. The molecule has 0 saturated carbocycles. The van der Waals surface area contributed by atoms with Gasteiger partial charge in [0.05, 0.1) is 25.4 Å². The van der Waals surface area contributed by atoms with E-state index in [2.05, 4.69) is 17.0 Å². The lowest BCUT2D eigenvalue weighted by Gasteiger charge is -2.35. The van der Waals surface area contributed by atoms with Crippen LogP contribution in [0.5, 0.6) is 0 Å². The van der Waals surface area contributed by atoms with Crippen molar-refractivity contribution < 1.29 is 9.84 Å². The number of hydrogen-bond acceptors (Lipinski definition) is 4. The van der Waals surface area contributed by atoms with Gasteiger partial charge in [0, 0.05) is 19.6 Å². The van der Waals surface area contributed by atoms with Gasteiger partial charge >= 0.3 is 0 Å². The lowest BCUT2D eigenvalue weighted by molar-refractivity contribution is -0.0503. The minimum Gasteiger partial charge on any atom is -0.395 e. The van der Waals surface area contributed by atoms with Crippen LogP contribution in [0.25, 0.3) is 0 Å². The van der Waals surface area contributed by atoms with Gasteiger partial charge in [0.15, 0.2) is 0 Å². The van der Waals surface area contributed by atoms with Crippen LogP contribution in [-0.4, -0.2) is 48.5 Å². The first-order chi connectivity index (χ1) is 8.29. The molecule has 2 atom stereocenters. The van der Waals surface area contributed by atoms with E-state index < -0.39 is 0 Å². The maximum absolute atomic E-state index is 9.04. The average molecular weight is 236 g/mol. The maximum atomic E-state index is 9.04. The smallest absolute Gasteiger partial charge is 0.0875 e. The van der Waals surface area contributed by atoms with Crippen LogP contribution in [0.1, 0.15) is 5.56 Å². The second kappa shape index (κ2) is 6.12. The highest BCUT2D eigenvalue weighted by atomic mass is 16.5. The predicted molar refractivity (Wildman–Crippen MR) is 66.5 cm³/mol. The summed E-state index contributed by atoms with van der Waals surface area (Å²) in [6.45, 7) is 3.29. The fourth-order valence-corrected chi connectivity index (χ4v) is 2.09. The standard InChI is InChI=1S/C13H20N2O2/c14-12(10-16)13-9-15(6-7-17-13)8-11-4-2-1-3-5-11/h1-5,12-13,16H,6-10,14H2. The molecule has 2 rings (SSSR count). The second-order valence-corrected chi connectivity index (χ2v) is 4.48. The van der Waals surface area contributed by atoms with Crippen LogP contribution in [0, 0.1) is 0 Å². The van der Waals surface area contributed by atoms with Gasteiger partial charge in [-0.1, -0.05) is 30.3 Å². The van der Waals surface area contributed by atoms with E-state index in [0.29, 0.717) is 6.61 Å². The molecule has 94 valence electrons. The van der Waals surface area contributed by atoms with Gasteiger partial charge in [0.25, 0.3) is 0 Å². The van der Waals surface area contributed by atoms with Crippen LogP contribution in [0.4, 0.5) is 0 Å². The molecule has 0 spiro atoms. The summed E-state index contributed by atoms with van der Waals surface area (Å²) in [5.74, 6) is 0. The Morgan fingerprint density at radius 3 is 2.88 bits per heavy atom. The number of ether oxygens (including phenoxy) is 1. The summed E-state index contributed by atoms with van der Waals surface area (Å²) in [4.78, 5) is 2.32. The molecule has 1 aromatic rings. The van der Waals surface area contributed by atoms with E-state index in [-0.39, 0.29) is 18.8 Å². The molecule has 1 aliphatic rings. The van der Waals surface area contributed by atoms with Crippen molar-refractivity contribution >= 4 is 0 Å². The zero-order valence-corrected chi connectivity index (χ0v) is 9.96. The third-order valence-corrected chi connectivity index (χ3v) is 3.11. The first-order valence-corrected chi connectivity index (χ1v) is 6.04. The summed E-state index contributed by atoms with van der Waals surface area (Å²) in [5.41, 5.74) is 7.10. The number of hydrogen-bond donors (Lipinski definition) is 2. The summed E-state index contributed by atoms with van der Waals surface area (Å²) in [6.07, 6.45) is -0.0579. The van der Waals surface area contributed by atoms with Crippen LogP contribution < -0.4 is 5.73 Å². The molecule has 0 aromatic heterocycles. The molecular weight excluding hydrogens is 216 g/mol. The van der Waals surface area contributed by atoms with Gasteiger partial charge < -0.3 is 15.6 Å². The summed E-state index contributed by atoms with van der Waals surface area (Å²) < 4.78 is 5.57. The number of aliphatic hydroxyl groups is 1. The van der Waals surface area contributed by atoms with Gasteiger partial charge in [0.1, 0.15) is 0 Å². The lowest BCUT2D eigenvalue weighted by Crippen LogP contribution is -2.51. The van der Waals surface area contributed by atoms with Crippen molar-refractivity contribution in [3.63, 3.8) is 0 Å². The highest BCUT2D eigenvalue weighted by Crippen LogP contribution is 2.11. The van der Waals surface area contributed by atoms with Gasteiger partial charge in [-0.2, -0.15) is 0 Å². The van der Waals surface area contributed by atoms with Crippen molar-refractivity contribution in [1.82, 2.24) is 4.90 Å². The van der Waals surface area contributed by atoms with Crippen LogP contribution in [-0.2, 0) is 11.3 Å². The largest absolute Gasteiger partial charge is 0.395 e. The molecule has 17 heavy (non-hydrogen) atoms. The molecule has 0 radical (unpaired) electrons. The van der Waals surface area contributed by atoms with E-state index >= 15 is 0 Å². The molecule has 0 amide bonds. The normalized spacial score (nSPS) is 23.5. The monoisotopic (exact) mass is 236 g/mol. The summed E-state index contributed by atoms with van der Waals surface area (Å²) in [6, 6.07) is 10.1. The quantitative estimate of drug-likeness (QED) is 0.784. The highest BCUT2D eigenvalue weighted by Gasteiger charge is 2.25. The summed E-state index contributed by atoms with van der Waals surface area (Å²) >= 11 is 0. The third kappa shape index (κ3) is 3.51. The van der Waals surface area contributed by atoms with E-state index in [1.54, 1.807) is 0 Å². The van der Waals surface area contributed by atoms with E-state index in [0.717, 1.165) is 19.6 Å². The molecule has 4 heteroatoms. The first kappa shape index (κ1) is 12.5. The van der Waals surface area contributed by atoms with Gasteiger partial charge in [-0.15, -0.1) is 0 Å². The summed E-state index contributed by atoms with van der Waals surface area (Å²) in [7, 11) is 0. The van der Waals surface area contributed by atoms with Gasteiger partial charge in [-0.3, -0.25) is 4.90 Å². The van der Waals surface area contributed by atoms with Gasteiger partial charge in [-0.05, 0) is 5.56 Å². The Labute approximate surface area is 102 Å². The van der Waals surface area contributed by atoms with Crippen molar-refractivity contribution in [1.29, 1.82) is 0 Å². The Bertz CT molecular complexity index is 331. The predicted octanol–water partition coefficient (Wildman–Crippen LogP) is 0.207. The number of rotatable bonds is 4. The number of nitrogens with zero attached hydrogens (tertiary/aromatic N) is 1. The van der Waals surface area contributed by atoms with Crippen molar-refractivity contribution in [3.05, 3.63) is 35.9 Å². The van der Waals surface area contributed by atoms with Crippen LogP contribution in [0.2, 0.25) is 0 Å². The van der Waals surface area contributed by atoms with Crippen molar-refractivity contribution in [2.75, 3.05) is 26.3 Å². The zero-order chi connectivity index (χ0) is 12.1. The molecule has 0 bridgehead atoms. The fourth-order valence-electron chi connectivity index (χ4n) is 2.09. The topological polar surface area (TPSA) is 58.7 Å². The Morgan fingerprint density at radius 2 is 2.18 bits per heavy atom. The molecular formula is C13H20N2O2. The molecule has 1 aliphatic heterocycles. The van der Waals surface area contributed by atoms with E-state index in [4.69, 9.17) is 15.6 Å². The van der Waals surface area contributed by atoms with Gasteiger partial charge in [-0.25, -0.2) is 0 Å². The van der Waals surface area contributed by atoms with Crippen LogP contribution in [0.3, 0.4) is 0 Å². The van der Waals surface area contributed by atoms with Crippen molar-refractivity contribution in [3.8, 4) is 0 Å². The van der Waals surface area contributed by atoms with E-state index in [1.165, 1.54) is 5.56 Å². The Morgan fingerprint density at radius 1 is 1.41 bits per heavy atom. The molecule has 3 N–H and O–H groups in total. The maximum Gasteiger partial charge on any atom is 0.0875 e. The summed E-state index contributed by atoms with van der Waals surface area (Å²) in [5, 5.41) is 9.04.